The van der Waals surface area contributed by atoms with Crippen LogP contribution in [0.2, 0.25) is 0 Å². The molecule has 1 heterocycles. The second kappa shape index (κ2) is 14.6. The average Bonchev–Trinajstić information content (AvgIpc) is 3.99. The molecular formula is C63H43NS. The minimum Gasteiger partial charge on any atom is -0.310 e. The molecule has 11 aromatic rings. The van der Waals surface area contributed by atoms with Gasteiger partial charge in [-0.05, 0) is 122 Å². The number of thiophene rings is 1. The summed E-state index contributed by atoms with van der Waals surface area (Å²) >= 11 is 1.86. The first-order valence-corrected chi connectivity index (χ1v) is 23.4. The minimum absolute atomic E-state index is 0.309. The second-order valence-corrected chi connectivity index (χ2v) is 18.8. The molecule has 1 atom stereocenters. The molecule has 0 bridgehead atoms. The molecule has 0 spiro atoms. The van der Waals surface area contributed by atoms with E-state index in [-0.39, 0.29) is 5.41 Å². The summed E-state index contributed by atoms with van der Waals surface area (Å²) in [7, 11) is 0. The zero-order chi connectivity index (χ0) is 43.1. The molecule has 0 N–H and O–H groups in total. The van der Waals surface area contributed by atoms with E-state index < -0.39 is 5.41 Å². The zero-order valence-electron chi connectivity index (χ0n) is 35.9. The molecule has 306 valence electrons. The van der Waals surface area contributed by atoms with E-state index in [9.17, 15) is 0 Å². The lowest BCUT2D eigenvalue weighted by molar-refractivity contribution is 0.714. The molecule has 1 nitrogen and oxygen atoms in total. The summed E-state index contributed by atoms with van der Waals surface area (Å²) < 4.78 is 2.59. The van der Waals surface area contributed by atoms with Gasteiger partial charge in [0.2, 0.25) is 0 Å². The standard InChI is InChI=1S/C63H43NS/c1-62(43-19-5-2-6-20-43)55-29-15-11-26-49(55)51-36-33-42(39-57(51)62)48-25-13-17-31-59(48)64(46-35-38-61-54(40-46)53-28-14-18-32-60(53)65-61)47-34-37-52-50-27-12-16-30-56(50)63(58(52)41-47,44-21-7-3-8-22-44)45-23-9-4-10-24-45/h2-41H,1H3. The van der Waals surface area contributed by atoms with Gasteiger partial charge in [0.05, 0.1) is 11.1 Å². The van der Waals surface area contributed by atoms with Crippen molar-refractivity contribution in [1.29, 1.82) is 0 Å². The molecule has 13 rings (SSSR count). The molecule has 10 aromatic carbocycles. The van der Waals surface area contributed by atoms with Gasteiger partial charge in [-0.3, -0.25) is 0 Å². The highest BCUT2D eigenvalue weighted by molar-refractivity contribution is 7.25. The Kier molecular flexibility index (Phi) is 8.50. The summed E-state index contributed by atoms with van der Waals surface area (Å²) in [6.07, 6.45) is 0. The van der Waals surface area contributed by atoms with Crippen LogP contribution in [0.25, 0.3) is 53.6 Å². The van der Waals surface area contributed by atoms with Gasteiger partial charge in [-0.15, -0.1) is 11.3 Å². The molecule has 0 aliphatic heterocycles. The normalized spacial score (nSPS) is 15.3. The predicted octanol–water partition coefficient (Wildman–Crippen LogP) is 16.9. The molecule has 0 amide bonds. The highest BCUT2D eigenvalue weighted by atomic mass is 32.1. The van der Waals surface area contributed by atoms with Crippen molar-refractivity contribution in [3.63, 3.8) is 0 Å². The molecule has 65 heavy (non-hydrogen) atoms. The van der Waals surface area contributed by atoms with E-state index in [4.69, 9.17) is 0 Å². The summed E-state index contributed by atoms with van der Waals surface area (Å²) in [6, 6.07) is 90.6. The fourth-order valence-corrected chi connectivity index (χ4v) is 12.6. The van der Waals surface area contributed by atoms with Crippen molar-refractivity contribution in [2.45, 2.75) is 17.8 Å². The summed E-state index contributed by atoms with van der Waals surface area (Å²) in [5.74, 6) is 0. The fourth-order valence-electron chi connectivity index (χ4n) is 11.5. The van der Waals surface area contributed by atoms with Gasteiger partial charge < -0.3 is 4.90 Å². The van der Waals surface area contributed by atoms with Crippen molar-refractivity contribution in [3.8, 4) is 33.4 Å². The van der Waals surface area contributed by atoms with E-state index in [1.165, 1.54) is 92.5 Å². The molecule has 0 radical (unpaired) electrons. The summed E-state index contributed by atoms with van der Waals surface area (Å²) in [5, 5.41) is 2.56. The van der Waals surface area contributed by atoms with Crippen LogP contribution < -0.4 is 4.90 Å². The van der Waals surface area contributed by atoms with Gasteiger partial charge in [0.25, 0.3) is 0 Å². The zero-order valence-corrected chi connectivity index (χ0v) is 36.8. The van der Waals surface area contributed by atoms with Crippen LogP contribution in [0.5, 0.6) is 0 Å². The van der Waals surface area contributed by atoms with E-state index >= 15 is 0 Å². The van der Waals surface area contributed by atoms with Crippen LogP contribution in [0.1, 0.15) is 45.9 Å². The maximum Gasteiger partial charge on any atom is 0.0714 e. The first-order valence-electron chi connectivity index (χ1n) is 22.6. The number of anilines is 3. The maximum absolute atomic E-state index is 2.52. The molecule has 1 unspecified atom stereocenters. The summed E-state index contributed by atoms with van der Waals surface area (Å²) in [5.41, 5.74) is 19.1. The van der Waals surface area contributed by atoms with E-state index in [1.807, 2.05) is 11.3 Å². The number of benzene rings is 10. The third-order valence-corrected chi connectivity index (χ3v) is 15.6. The lowest BCUT2D eigenvalue weighted by atomic mass is 9.67. The SMILES string of the molecule is CC1(c2ccccc2)c2ccccc2-c2ccc(-c3ccccc3N(c3ccc4c(c3)C(c3ccccc3)(c3ccccc3)c3ccccc3-4)c3ccc4sc5ccccc5c4c3)cc21. The molecule has 0 saturated carbocycles. The Balaban J connectivity index is 1.07. The molecule has 0 saturated heterocycles. The van der Waals surface area contributed by atoms with Crippen molar-refractivity contribution in [2.24, 2.45) is 0 Å². The van der Waals surface area contributed by atoms with E-state index in [2.05, 4.69) is 254 Å². The molecule has 2 aliphatic rings. The van der Waals surface area contributed by atoms with Gasteiger partial charge >= 0.3 is 0 Å². The number of fused-ring (bicyclic) bond motifs is 9. The largest absolute Gasteiger partial charge is 0.310 e. The highest BCUT2D eigenvalue weighted by Gasteiger charge is 2.46. The Bertz CT molecular complexity index is 3580. The average molecular weight is 846 g/mol. The molecule has 0 fully saturated rings. The Hall–Kier alpha value is -7.78. The molecular weight excluding hydrogens is 803 g/mol. The summed E-state index contributed by atoms with van der Waals surface area (Å²) in [4.78, 5) is 2.52. The maximum atomic E-state index is 2.52. The Morgan fingerprint density at radius 2 is 0.846 bits per heavy atom. The molecule has 2 heteroatoms. The van der Waals surface area contributed by atoms with Crippen molar-refractivity contribution in [3.05, 3.63) is 282 Å². The van der Waals surface area contributed by atoms with E-state index in [0.717, 1.165) is 17.1 Å². The van der Waals surface area contributed by atoms with Gasteiger partial charge in [-0.1, -0.05) is 194 Å². The number of hydrogen-bond acceptors (Lipinski definition) is 2. The van der Waals surface area contributed by atoms with Gasteiger partial charge in [0.1, 0.15) is 0 Å². The molecule has 1 aromatic heterocycles. The van der Waals surface area contributed by atoms with Crippen LogP contribution in [0.4, 0.5) is 17.1 Å². The monoisotopic (exact) mass is 845 g/mol. The van der Waals surface area contributed by atoms with Gasteiger partial charge in [0, 0.05) is 42.5 Å². The van der Waals surface area contributed by atoms with Crippen LogP contribution in [0.3, 0.4) is 0 Å². The quantitative estimate of drug-likeness (QED) is 0.154. The topological polar surface area (TPSA) is 3.24 Å². The Labute approximate surface area is 384 Å². The highest BCUT2D eigenvalue weighted by Crippen LogP contribution is 2.58. The van der Waals surface area contributed by atoms with Crippen LogP contribution in [0, 0.1) is 0 Å². The van der Waals surface area contributed by atoms with Crippen molar-refractivity contribution in [1.82, 2.24) is 0 Å². The Morgan fingerprint density at radius 1 is 0.338 bits per heavy atom. The van der Waals surface area contributed by atoms with Gasteiger partial charge in [-0.25, -0.2) is 0 Å². The third kappa shape index (κ3) is 5.51. The van der Waals surface area contributed by atoms with Crippen molar-refractivity contribution < 1.29 is 0 Å². The van der Waals surface area contributed by atoms with Crippen molar-refractivity contribution in [2.75, 3.05) is 4.90 Å². The van der Waals surface area contributed by atoms with Crippen LogP contribution >= 0.6 is 11.3 Å². The number of nitrogens with zero attached hydrogens (tertiary/aromatic N) is 1. The first kappa shape index (κ1) is 37.7. The van der Waals surface area contributed by atoms with Crippen LogP contribution in [-0.4, -0.2) is 0 Å². The van der Waals surface area contributed by atoms with Gasteiger partial charge in [0.15, 0.2) is 0 Å². The van der Waals surface area contributed by atoms with Gasteiger partial charge in [-0.2, -0.15) is 0 Å². The second-order valence-electron chi connectivity index (χ2n) is 17.7. The fraction of sp³-hybridized carbons (Fsp3) is 0.0476. The van der Waals surface area contributed by atoms with Crippen LogP contribution in [-0.2, 0) is 10.8 Å². The lowest BCUT2D eigenvalue weighted by Gasteiger charge is -2.35. The third-order valence-electron chi connectivity index (χ3n) is 14.4. The number of hydrogen-bond donors (Lipinski definition) is 0. The van der Waals surface area contributed by atoms with Crippen LogP contribution in [0.15, 0.2) is 243 Å². The van der Waals surface area contributed by atoms with E-state index in [1.54, 1.807) is 0 Å². The Morgan fingerprint density at radius 3 is 1.58 bits per heavy atom. The first-order chi connectivity index (χ1) is 32.1. The number of para-hydroxylation sites is 1. The predicted molar refractivity (Wildman–Crippen MR) is 274 cm³/mol. The minimum atomic E-state index is -0.528. The summed E-state index contributed by atoms with van der Waals surface area (Å²) in [6.45, 7) is 2.41. The number of rotatable bonds is 7. The smallest absolute Gasteiger partial charge is 0.0714 e. The van der Waals surface area contributed by atoms with Crippen molar-refractivity contribution >= 4 is 48.6 Å². The van der Waals surface area contributed by atoms with E-state index in [0.29, 0.717) is 0 Å². The lowest BCUT2D eigenvalue weighted by Crippen LogP contribution is -2.28. The molecule has 2 aliphatic carbocycles.